The third-order valence-corrected chi connectivity index (χ3v) is 4.75. The van der Waals surface area contributed by atoms with Crippen LogP contribution in [0.25, 0.3) is 16.9 Å². The van der Waals surface area contributed by atoms with Crippen molar-refractivity contribution in [3.63, 3.8) is 0 Å². The average molecular weight is 360 g/mol. The molecule has 3 aromatic rings. The number of carbonyl (C=O) groups excluding carboxylic acids is 2. The summed E-state index contributed by atoms with van der Waals surface area (Å²) < 4.78 is 7.23. The number of carbonyl (C=O) groups is 2. The van der Waals surface area contributed by atoms with Crippen molar-refractivity contribution in [3.8, 4) is 16.9 Å². The van der Waals surface area contributed by atoms with Crippen molar-refractivity contribution in [1.82, 2.24) is 9.78 Å². The Morgan fingerprint density at radius 3 is 2.41 bits per heavy atom. The molecule has 0 spiro atoms. The van der Waals surface area contributed by atoms with Gasteiger partial charge in [0.05, 0.1) is 5.69 Å². The molecule has 1 heterocycles. The van der Waals surface area contributed by atoms with Gasteiger partial charge >= 0.3 is 5.97 Å². The molecule has 1 unspecified atom stereocenters. The number of aromatic nitrogens is 2. The summed E-state index contributed by atoms with van der Waals surface area (Å²) in [6.07, 6.45) is 3.88. The van der Waals surface area contributed by atoms with Gasteiger partial charge in [-0.15, -0.1) is 0 Å². The number of ketones is 1. The van der Waals surface area contributed by atoms with Gasteiger partial charge < -0.3 is 4.74 Å². The quantitative estimate of drug-likeness (QED) is 0.654. The minimum absolute atomic E-state index is 0.00584. The molecule has 1 atom stereocenters. The minimum atomic E-state index is -0.644. The number of nitrogens with zero attached hydrogens (tertiary/aromatic N) is 2. The Hall–Kier alpha value is -3.21. The van der Waals surface area contributed by atoms with Crippen LogP contribution in [0.1, 0.15) is 36.0 Å². The zero-order valence-electron chi connectivity index (χ0n) is 14.9. The largest absolute Gasteiger partial charge is 0.451 e. The monoisotopic (exact) mass is 360 g/mol. The van der Waals surface area contributed by atoms with Gasteiger partial charge in [0.25, 0.3) is 0 Å². The highest BCUT2D eigenvalue weighted by Crippen LogP contribution is 2.26. The van der Waals surface area contributed by atoms with E-state index in [2.05, 4.69) is 5.10 Å². The van der Waals surface area contributed by atoms with Crippen molar-refractivity contribution in [2.75, 3.05) is 0 Å². The van der Waals surface area contributed by atoms with Gasteiger partial charge in [0, 0.05) is 18.2 Å². The molecule has 0 bridgehead atoms. The smallest absolute Gasteiger partial charge is 0.342 e. The topological polar surface area (TPSA) is 61.2 Å². The second-order valence-corrected chi connectivity index (χ2v) is 6.64. The fourth-order valence-corrected chi connectivity index (χ4v) is 3.31. The molecule has 1 aromatic heterocycles. The van der Waals surface area contributed by atoms with Crippen LogP contribution >= 0.6 is 0 Å². The molecule has 4 rings (SSSR count). The van der Waals surface area contributed by atoms with E-state index in [1.165, 1.54) is 0 Å². The fourth-order valence-electron chi connectivity index (χ4n) is 3.31. The molecule has 2 aromatic carbocycles. The first kappa shape index (κ1) is 17.2. The number of para-hydroxylation sites is 1. The molecule has 1 fully saturated rings. The lowest BCUT2D eigenvalue weighted by molar-refractivity contribution is -0.129. The molecule has 0 aliphatic heterocycles. The van der Waals surface area contributed by atoms with E-state index in [4.69, 9.17) is 4.74 Å². The molecule has 136 valence electrons. The average Bonchev–Trinajstić information content (AvgIpc) is 3.17. The van der Waals surface area contributed by atoms with Crippen LogP contribution in [0, 0.1) is 0 Å². The summed E-state index contributed by atoms with van der Waals surface area (Å²) in [6.45, 7) is 0. The number of Topliss-reactive ketones (excluding diaryl/α,β-unsaturated/α-hetero) is 1. The SMILES string of the molecule is O=C(OC1CCCCC1=O)c1cn(-c2ccccc2)nc1-c1ccccc1. The van der Waals surface area contributed by atoms with E-state index in [0.717, 1.165) is 24.1 Å². The molecule has 27 heavy (non-hydrogen) atoms. The lowest BCUT2D eigenvalue weighted by Crippen LogP contribution is -2.30. The summed E-state index contributed by atoms with van der Waals surface area (Å²) in [5, 5.41) is 4.61. The molecule has 5 nitrogen and oxygen atoms in total. The Bertz CT molecular complexity index is 948. The molecule has 1 saturated carbocycles. The number of ether oxygens (including phenoxy) is 1. The van der Waals surface area contributed by atoms with E-state index >= 15 is 0 Å². The number of esters is 1. The van der Waals surface area contributed by atoms with Crippen LogP contribution in [0.3, 0.4) is 0 Å². The van der Waals surface area contributed by atoms with Crippen LogP contribution in [0.5, 0.6) is 0 Å². The molecule has 0 N–H and O–H groups in total. The summed E-state index contributed by atoms with van der Waals surface area (Å²) in [6, 6.07) is 19.1. The van der Waals surface area contributed by atoms with Crippen molar-refractivity contribution in [2.45, 2.75) is 31.8 Å². The lowest BCUT2D eigenvalue weighted by Gasteiger charge is -2.20. The van der Waals surface area contributed by atoms with Gasteiger partial charge in [0.1, 0.15) is 11.3 Å². The van der Waals surface area contributed by atoms with Gasteiger partial charge in [-0.05, 0) is 31.4 Å². The first-order valence-electron chi connectivity index (χ1n) is 9.16. The van der Waals surface area contributed by atoms with E-state index in [1.54, 1.807) is 10.9 Å². The Morgan fingerprint density at radius 1 is 1.00 bits per heavy atom. The molecular weight excluding hydrogens is 340 g/mol. The zero-order chi connectivity index (χ0) is 18.6. The Labute approximate surface area is 157 Å². The number of hydrogen-bond donors (Lipinski definition) is 0. The van der Waals surface area contributed by atoms with Gasteiger partial charge in [0.15, 0.2) is 11.9 Å². The van der Waals surface area contributed by atoms with Gasteiger partial charge in [-0.2, -0.15) is 5.10 Å². The van der Waals surface area contributed by atoms with Crippen LogP contribution in [0.15, 0.2) is 66.9 Å². The third kappa shape index (κ3) is 3.67. The standard InChI is InChI=1S/C22H20N2O3/c25-19-13-7-8-14-20(19)27-22(26)18-15-24(17-11-5-2-6-12-17)23-21(18)16-9-3-1-4-10-16/h1-6,9-12,15,20H,7-8,13-14H2. The minimum Gasteiger partial charge on any atom is -0.451 e. The summed E-state index contributed by atoms with van der Waals surface area (Å²) in [7, 11) is 0. The first-order chi connectivity index (χ1) is 13.2. The van der Waals surface area contributed by atoms with Gasteiger partial charge in [-0.25, -0.2) is 9.48 Å². The molecule has 0 saturated heterocycles. The summed E-state index contributed by atoms with van der Waals surface area (Å²) in [5.41, 5.74) is 2.59. The second-order valence-electron chi connectivity index (χ2n) is 6.64. The number of rotatable bonds is 4. The molecule has 0 radical (unpaired) electrons. The van der Waals surface area contributed by atoms with E-state index in [1.807, 2.05) is 60.7 Å². The fraction of sp³-hybridized carbons (Fsp3) is 0.227. The van der Waals surface area contributed by atoms with Crippen LogP contribution in [0.2, 0.25) is 0 Å². The predicted octanol–water partition coefficient (Wildman–Crippen LogP) is 4.21. The summed E-state index contributed by atoms with van der Waals surface area (Å²) in [4.78, 5) is 24.9. The molecular formula is C22H20N2O3. The van der Waals surface area contributed by atoms with Crippen LogP contribution in [-0.2, 0) is 9.53 Å². The van der Waals surface area contributed by atoms with Crippen molar-refractivity contribution in [1.29, 1.82) is 0 Å². The Balaban J connectivity index is 1.70. The predicted molar refractivity (Wildman–Crippen MR) is 102 cm³/mol. The van der Waals surface area contributed by atoms with Crippen molar-refractivity contribution in [3.05, 3.63) is 72.4 Å². The van der Waals surface area contributed by atoms with E-state index < -0.39 is 12.1 Å². The number of hydrogen-bond acceptors (Lipinski definition) is 4. The maximum Gasteiger partial charge on any atom is 0.342 e. The van der Waals surface area contributed by atoms with Crippen LogP contribution < -0.4 is 0 Å². The highest BCUT2D eigenvalue weighted by Gasteiger charge is 2.28. The second kappa shape index (κ2) is 7.58. The van der Waals surface area contributed by atoms with E-state index in [0.29, 0.717) is 24.1 Å². The van der Waals surface area contributed by atoms with Crippen molar-refractivity contribution in [2.24, 2.45) is 0 Å². The third-order valence-electron chi connectivity index (χ3n) is 4.75. The molecule has 0 amide bonds. The lowest BCUT2D eigenvalue weighted by atomic mass is 9.96. The number of benzene rings is 2. The first-order valence-corrected chi connectivity index (χ1v) is 9.16. The Kier molecular flexibility index (Phi) is 4.83. The zero-order valence-corrected chi connectivity index (χ0v) is 14.9. The molecule has 5 heteroatoms. The normalized spacial score (nSPS) is 16.9. The van der Waals surface area contributed by atoms with E-state index in [9.17, 15) is 9.59 Å². The van der Waals surface area contributed by atoms with Gasteiger partial charge in [-0.1, -0.05) is 48.5 Å². The van der Waals surface area contributed by atoms with Crippen molar-refractivity contribution < 1.29 is 14.3 Å². The summed E-state index contributed by atoms with van der Waals surface area (Å²) in [5.74, 6) is -0.498. The molecule has 1 aliphatic rings. The Morgan fingerprint density at radius 2 is 1.70 bits per heavy atom. The van der Waals surface area contributed by atoms with E-state index in [-0.39, 0.29) is 5.78 Å². The maximum absolute atomic E-state index is 12.9. The maximum atomic E-state index is 12.9. The van der Waals surface area contributed by atoms with Crippen LogP contribution in [0.4, 0.5) is 0 Å². The van der Waals surface area contributed by atoms with Gasteiger partial charge in [-0.3, -0.25) is 4.79 Å². The van der Waals surface area contributed by atoms with Crippen LogP contribution in [-0.4, -0.2) is 27.6 Å². The van der Waals surface area contributed by atoms with Gasteiger partial charge in [0.2, 0.25) is 0 Å². The molecule has 1 aliphatic carbocycles. The van der Waals surface area contributed by atoms with Crippen molar-refractivity contribution >= 4 is 11.8 Å². The highest BCUT2D eigenvalue weighted by molar-refractivity contribution is 5.98. The highest BCUT2D eigenvalue weighted by atomic mass is 16.5. The summed E-state index contributed by atoms with van der Waals surface area (Å²) >= 11 is 0.